The number of halogens is 1. The number of amides is 1. The highest BCUT2D eigenvalue weighted by Gasteiger charge is 2.23. The number of morpholine rings is 1. The number of ether oxygens (including phenoxy) is 1. The van der Waals surface area contributed by atoms with Crippen LogP contribution in [-0.4, -0.2) is 68.2 Å². The van der Waals surface area contributed by atoms with Crippen LogP contribution in [0, 0.1) is 5.92 Å². The highest BCUT2D eigenvalue weighted by atomic mass is 35.5. The normalized spacial score (nSPS) is 20.9. The summed E-state index contributed by atoms with van der Waals surface area (Å²) in [6.45, 7) is 7.47. The molecule has 1 aromatic carbocycles. The number of rotatable bonds is 5. The number of carbonyl (C=O) groups is 1. The van der Waals surface area contributed by atoms with Gasteiger partial charge in [-0.15, -0.1) is 0 Å². The van der Waals surface area contributed by atoms with Crippen molar-refractivity contribution >= 4 is 23.2 Å². The number of hydrogen-bond acceptors (Lipinski definition) is 4. The van der Waals surface area contributed by atoms with Gasteiger partial charge in [-0.05, 0) is 50.0 Å². The Morgan fingerprint density at radius 3 is 2.62 bits per heavy atom. The standard InChI is InChI=1S/C18H26ClN3O2/c19-16-2-1-3-17(12-16)20-18(23)14-21-6-4-15(5-7-21)13-22-8-10-24-11-9-22/h1-3,12,15H,4-11,13-14H2,(H,20,23). The molecule has 5 nitrogen and oxygen atoms in total. The first kappa shape index (κ1) is 17.7. The van der Waals surface area contributed by atoms with Gasteiger partial charge in [-0.25, -0.2) is 0 Å². The third kappa shape index (κ3) is 5.45. The summed E-state index contributed by atoms with van der Waals surface area (Å²) in [5, 5.41) is 3.56. The van der Waals surface area contributed by atoms with Gasteiger partial charge < -0.3 is 10.1 Å². The van der Waals surface area contributed by atoms with Gasteiger partial charge in [0.05, 0.1) is 19.8 Å². The van der Waals surface area contributed by atoms with Gasteiger partial charge in [-0.1, -0.05) is 17.7 Å². The molecule has 3 rings (SSSR count). The SMILES string of the molecule is O=C(CN1CCC(CN2CCOCC2)CC1)Nc1cccc(Cl)c1. The first-order chi connectivity index (χ1) is 11.7. The molecule has 0 aliphatic carbocycles. The third-order valence-corrected chi connectivity index (χ3v) is 5.04. The number of nitrogens with one attached hydrogen (secondary N) is 1. The smallest absolute Gasteiger partial charge is 0.238 e. The number of likely N-dealkylation sites (tertiary alicyclic amines) is 1. The Labute approximate surface area is 148 Å². The molecule has 2 fully saturated rings. The molecule has 0 bridgehead atoms. The van der Waals surface area contributed by atoms with Gasteiger partial charge in [0, 0.05) is 30.3 Å². The number of benzene rings is 1. The molecule has 0 saturated carbocycles. The Bertz CT molecular complexity index is 541. The molecule has 0 spiro atoms. The van der Waals surface area contributed by atoms with Crippen molar-refractivity contribution in [3.8, 4) is 0 Å². The number of hydrogen-bond donors (Lipinski definition) is 1. The first-order valence-corrected chi connectivity index (χ1v) is 9.15. The second-order valence-electron chi connectivity index (χ2n) is 6.69. The highest BCUT2D eigenvalue weighted by molar-refractivity contribution is 6.30. The van der Waals surface area contributed by atoms with Crippen LogP contribution in [0.5, 0.6) is 0 Å². The zero-order valence-corrected chi connectivity index (χ0v) is 14.8. The van der Waals surface area contributed by atoms with Crippen LogP contribution in [0.2, 0.25) is 5.02 Å². The lowest BCUT2D eigenvalue weighted by Crippen LogP contribution is -2.44. The molecule has 6 heteroatoms. The Morgan fingerprint density at radius 2 is 1.92 bits per heavy atom. The molecule has 0 unspecified atom stereocenters. The van der Waals surface area contributed by atoms with Gasteiger partial charge >= 0.3 is 0 Å². The molecule has 0 aromatic heterocycles. The molecule has 24 heavy (non-hydrogen) atoms. The maximum atomic E-state index is 12.2. The Kier molecular flexibility index (Phi) is 6.49. The molecule has 2 saturated heterocycles. The molecular weight excluding hydrogens is 326 g/mol. The van der Waals surface area contributed by atoms with E-state index in [-0.39, 0.29) is 5.91 Å². The van der Waals surface area contributed by atoms with Crippen LogP contribution >= 0.6 is 11.6 Å². The number of nitrogens with zero attached hydrogens (tertiary/aromatic N) is 2. The molecular formula is C18H26ClN3O2. The summed E-state index contributed by atoms with van der Waals surface area (Å²) < 4.78 is 5.40. The van der Waals surface area contributed by atoms with Crippen LogP contribution in [0.4, 0.5) is 5.69 Å². The molecule has 2 aliphatic rings. The molecule has 0 radical (unpaired) electrons. The third-order valence-electron chi connectivity index (χ3n) is 4.80. The molecule has 1 amide bonds. The average Bonchev–Trinajstić information content (AvgIpc) is 2.57. The zero-order chi connectivity index (χ0) is 16.8. The van der Waals surface area contributed by atoms with Crippen molar-refractivity contribution < 1.29 is 9.53 Å². The van der Waals surface area contributed by atoms with Crippen molar-refractivity contribution in [2.24, 2.45) is 5.92 Å². The minimum Gasteiger partial charge on any atom is -0.379 e. The van der Waals surface area contributed by atoms with E-state index in [1.807, 2.05) is 12.1 Å². The minimum atomic E-state index is 0.0314. The van der Waals surface area contributed by atoms with Crippen LogP contribution in [0.25, 0.3) is 0 Å². The van der Waals surface area contributed by atoms with Crippen LogP contribution in [0.15, 0.2) is 24.3 Å². The van der Waals surface area contributed by atoms with E-state index in [0.717, 1.165) is 51.0 Å². The number of anilines is 1. The molecule has 2 aliphatic heterocycles. The Hall–Kier alpha value is -1.14. The lowest BCUT2D eigenvalue weighted by Gasteiger charge is -2.35. The summed E-state index contributed by atoms with van der Waals surface area (Å²) >= 11 is 5.94. The van der Waals surface area contributed by atoms with Crippen molar-refractivity contribution in [2.45, 2.75) is 12.8 Å². The molecule has 132 valence electrons. The van der Waals surface area contributed by atoms with Crippen molar-refractivity contribution in [1.29, 1.82) is 0 Å². The van der Waals surface area contributed by atoms with Gasteiger partial charge in [0.1, 0.15) is 0 Å². The second-order valence-corrected chi connectivity index (χ2v) is 7.13. The monoisotopic (exact) mass is 351 g/mol. The van der Waals surface area contributed by atoms with E-state index in [2.05, 4.69) is 15.1 Å². The Balaban J connectivity index is 1.37. The summed E-state index contributed by atoms with van der Waals surface area (Å²) in [5.74, 6) is 0.777. The highest BCUT2D eigenvalue weighted by Crippen LogP contribution is 2.19. The van der Waals surface area contributed by atoms with Crippen LogP contribution < -0.4 is 5.32 Å². The topological polar surface area (TPSA) is 44.8 Å². The summed E-state index contributed by atoms with van der Waals surface area (Å²) in [4.78, 5) is 16.9. The van der Waals surface area contributed by atoms with E-state index in [9.17, 15) is 4.79 Å². The van der Waals surface area contributed by atoms with E-state index in [4.69, 9.17) is 16.3 Å². The van der Waals surface area contributed by atoms with Crippen molar-refractivity contribution in [2.75, 3.05) is 57.8 Å². The maximum Gasteiger partial charge on any atom is 0.238 e. The lowest BCUT2D eigenvalue weighted by molar-refractivity contribution is -0.117. The number of carbonyl (C=O) groups excluding carboxylic acids is 1. The maximum absolute atomic E-state index is 12.2. The first-order valence-electron chi connectivity index (χ1n) is 8.77. The summed E-state index contributed by atoms with van der Waals surface area (Å²) in [5.41, 5.74) is 0.759. The summed E-state index contributed by atoms with van der Waals surface area (Å²) in [6.07, 6.45) is 2.34. The quantitative estimate of drug-likeness (QED) is 0.884. The fraction of sp³-hybridized carbons (Fsp3) is 0.611. The van der Waals surface area contributed by atoms with E-state index in [1.54, 1.807) is 12.1 Å². The van der Waals surface area contributed by atoms with E-state index in [1.165, 1.54) is 19.4 Å². The molecule has 0 atom stereocenters. The van der Waals surface area contributed by atoms with Crippen molar-refractivity contribution in [3.05, 3.63) is 29.3 Å². The van der Waals surface area contributed by atoms with Crippen LogP contribution in [0.3, 0.4) is 0 Å². The predicted molar refractivity (Wildman–Crippen MR) is 96.5 cm³/mol. The van der Waals surface area contributed by atoms with E-state index in [0.29, 0.717) is 11.6 Å². The minimum absolute atomic E-state index is 0.0314. The van der Waals surface area contributed by atoms with Gasteiger partial charge in [-0.3, -0.25) is 14.6 Å². The summed E-state index contributed by atoms with van der Waals surface area (Å²) in [7, 11) is 0. The predicted octanol–water partition coefficient (Wildman–Crippen LogP) is 2.32. The zero-order valence-electron chi connectivity index (χ0n) is 14.0. The van der Waals surface area contributed by atoms with E-state index >= 15 is 0 Å². The average molecular weight is 352 g/mol. The molecule has 1 aromatic rings. The second kappa shape index (κ2) is 8.81. The van der Waals surface area contributed by atoms with Gasteiger partial charge in [0.15, 0.2) is 0 Å². The van der Waals surface area contributed by atoms with Gasteiger partial charge in [0.25, 0.3) is 0 Å². The fourth-order valence-electron chi connectivity index (χ4n) is 3.45. The van der Waals surface area contributed by atoms with E-state index < -0.39 is 0 Å². The van der Waals surface area contributed by atoms with Gasteiger partial charge in [0.2, 0.25) is 5.91 Å². The number of piperidine rings is 1. The molecule has 2 heterocycles. The van der Waals surface area contributed by atoms with Crippen LogP contribution in [-0.2, 0) is 9.53 Å². The van der Waals surface area contributed by atoms with Crippen molar-refractivity contribution in [3.63, 3.8) is 0 Å². The summed E-state index contributed by atoms with van der Waals surface area (Å²) in [6, 6.07) is 7.28. The molecule has 1 N–H and O–H groups in total. The van der Waals surface area contributed by atoms with Crippen molar-refractivity contribution in [1.82, 2.24) is 9.80 Å². The van der Waals surface area contributed by atoms with Crippen LogP contribution in [0.1, 0.15) is 12.8 Å². The van der Waals surface area contributed by atoms with Gasteiger partial charge in [-0.2, -0.15) is 0 Å². The Morgan fingerprint density at radius 1 is 1.17 bits per heavy atom. The lowest BCUT2D eigenvalue weighted by atomic mass is 9.96. The fourth-order valence-corrected chi connectivity index (χ4v) is 3.64. The largest absolute Gasteiger partial charge is 0.379 e.